The Hall–Kier alpha value is -1.57. The van der Waals surface area contributed by atoms with Crippen molar-refractivity contribution in [3.63, 3.8) is 0 Å². The van der Waals surface area contributed by atoms with E-state index in [4.69, 9.17) is 0 Å². The monoisotopic (exact) mass is 257 g/mol. The Balaban J connectivity index is 2.23. The second kappa shape index (κ2) is 6.55. The Bertz CT molecular complexity index is 541. The number of aromatic amines is 1. The van der Waals surface area contributed by atoms with Gasteiger partial charge >= 0.3 is 0 Å². The van der Waals surface area contributed by atoms with E-state index >= 15 is 0 Å². The minimum Gasteiger partial charge on any atom is -0.361 e. The van der Waals surface area contributed by atoms with E-state index in [9.17, 15) is 4.79 Å². The summed E-state index contributed by atoms with van der Waals surface area (Å²) in [6.45, 7) is 3.91. The third-order valence-electron chi connectivity index (χ3n) is 3.75. The fraction of sp³-hybridized carbons (Fsp3) is 0.471. The van der Waals surface area contributed by atoms with Crippen LogP contribution in [0.15, 0.2) is 30.5 Å². The highest BCUT2D eigenvalue weighted by molar-refractivity contribution is 5.85. The van der Waals surface area contributed by atoms with Crippen molar-refractivity contribution < 1.29 is 4.79 Å². The van der Waals surface area contributed by atoms with Crippen LogP contribution in [-0.4, -0.2) is 10.8 Å². The lowest BCUT2D eigenvalue weighted by molar-refractivity contribution is -0.117. The normalized spacial score (nSPS) is 12.7. The van der Waals surface area contributed by atoms with Gasteiger partial charge in [0, 0.05) is 23.5 Å². The molecule has 0 aliphatic carbocycles. The molecule has 1 heterocycles. The summed E-state index contributed by atoms with van der Waals surface area (Å²) in [5, 5.41) is 1.27. The lowest BCUT2D eigenvalue weighted by Gasteiger charge is -2.14. The number of aromatic nitrogens is 1. The predicted octanol–water partition coefficient (Wildman–Crippen LogP) is 4.81. The number of rotatable bonds is 7. The molecule has 2 nitrogen and oxygen atoms in total. The Morgan fingerprint density at radius 1 is 1.26 bits per heavy atom. The Labute approximate surface area is 115 Å². The van der Waals surface area contributed by atoms with E-state index in [-0.39, 0.29) is 5.78 Å². The van der Waals surface area contributed by atoms with Crippen LogP contribution in [0.5, 0.6) is 0 Å². The second-order valence-corrected chi connectivity index (χ2v) is 5.39. The van der Waals surface area contributed by atoms with E-state index in [1.54, 1.807) is 6.92 Å². The lowest BCUT2D eigenvalue weighted by Crippen LogP contribution is -2.04. The number of hydrogen-bond donors (Lipinski definition) is 1. The SMILES string of the molecule is CCCCC[C@H](CC(C)=O)c1c[nH]c2ccccc12. The number of carbonyl (C=O) groups excluding carboxylic acids is 1. The summed E-state index contributed by atoms with van der Waals surface area (Å²) >= 11 is 0. The number of para-hydroxylation sites is 1. The summed E-state index contributed by atoms with van der Waals surface area (Å²) in [7, 11) is 0. The van der Waals surface area contributed by atoms with Gasteiger partial charge in [-0.05, 0) is 30.9 Å². The molecule has 0 aliphatic heterocycles. The maximum absolute atomic E-state index is 11.5. The number of nitrogens with one attached hydrogen (secondary N) is 1. The molecule has 2 heteroatoms. The van der Waals surface area contributed by atoms with Gasteiger partial charge in [0.1, 0.15) is 5.78 Å². The molecule has 0 spiro atoms. The number of benzene rings is 1. The molecule has 1 aromatic heterocycles. The van der Waals surface area contributed by atoms with Crippen LogP contribution >= 0.6 is 0 Å². The summed E-state index contributed by atoms with van der Waals surface area (Å²) in [5.41, 5.74) is 2.48. The third kappa shape index (κ3) is 3.46. The van der Waals surface area contributed by atoms with E-state index in [2.05, 4.69) is 36.3 Å². The van der Waals surface area contributed by atoms with Crippen molar-refractivity contribution in [3.8, 4) is 0 Å². The van der Waals surface area contributed by atoms with E-state index in [0.29, 0.717) is 12.3 Å². The summed E-state index contributed by atoms with van der Waals surface area (Å²) in [4.78, 5) is 14.8. The molecular weight excluding hydrogens is 234 g/mol. The van der Waals surface area contributed by atoms with Crippen LogP contribution in [0.3, 0.4) is 0 Å². The van der Waals surface area contributed by atoms with Crippen LogP contribution in [-0.2, 0) is 4.79 Å². The summed E-state index contributed by atoms with van der Waals surface area (Å²) in [6, 6.07) is 8.35. The standard InChI is InChI=1S/C17H23NO/c1-3-4-5-8-14(11-13(2)19)16-12-18-17-10-7-6-9-15(16)17/h6-7,9-10,12,14,18H,3-5,8,11H2,1-2H3/t14-/m1/s1. The van der Waals surface area contributed by atoms with E-state index < -0.39 is 0 Å². The zero-order chi connectivity index (χ0) is 13.7. The Morgan fingerprint density at radius 2 is 2.05 bits per heavy atom. The highest BCUT2D eigenvalue weighted by Crippen LogP contribution is 2.32. The van der Waals surface area contributed by atoms with Gasteiger partial charge in [0.25, 0.3) is 0 Å². The van der Waals surface area contributed by atoms with Crippen LogP contribution in [0, 0.1) is 0 Å². The van der Waals surface area contributed by atoms with Gasteiger partial charge in [0.05, 0.1) is 0 Å². The van der Waals surface area contributed by atoms with Crippen molar-refractivity contribution in [1.29, 1.82) is 0 Å². The molecule has 0 saturated carbocycles. The van der Waals surface area contributed by atoms with Gasteiger partial charge in [-0.1, -0.05) is 44.4 Å². The third-order valence-corrected chi connectivity index (χ3v) is 3.75. The Kier molecular flexibility index (Phi) is 4.78. The quantitative estimate of drug-likeness (QED) is 0.709. The average Bonchev–Trinajstić information content (AvgIpc) is 2.81. The molecule has 0 aliphatic rings. The predicted molar refractivity (Wildman–Crippen MR) is 80.5 cm³/mol. The van der Waals surface area contributed by atoms with Gasteiger partial charge < -0.3 is 9.78 Å². The van der Waals surface area contributed by atoms with Crippen molar-refractivity contribution in [2.45, 2.75) is 51.9 Å². The van der Waals surface area contributed by atoms with Crippen LogP contribution in [0.25, 0.3) is 10.9 Å². The number of H-pyrrole nitrogens is 1. The number of Topliss-reactive ketones (excluding diaryl/α,β-unsaturated/α-hetero) is 1. The lowest BCUT2D eigenvalue weighted by atomic mass is 9.89. The summed E-state index contributed by atoms with van der Waals surface area (Å²) < 4.78 is 0. The topological polar surface area (TPSA) is 32.9 Å². The smallest absolute Gasteiger partial charge is 0.130 e. The molecule has 1 aromatic carbocycles. The van der Waals surface area contributed by atoms with Crippen LogP contribution in [0.2, 0.25) is 0 Å². The number of carbonyl (C=O) groups is 1. The van der Waals surface area contributed by atoms with Crippen molar-refractivity contribution in [2.24, 2.45) is 0 Å². The second-order valence-electron chi connectivity index (χ2n) is 5.39. The molecule has 1 N–H and O–H groups in total. The molecule has 0 fully saturated rings. The van der Waals surface area contributed by atoms with E-state index in [1.807, 2.05) is 6.07 Å². The van der Waals surface area contributed by atoms with Crippen LogP contribution < -0.4 is 0 Å². The Morgan fingerprint density at radius 3 is 2.79 bits per heavy atom. The average molecular weight is 257 g/mol. The minimum absolute atomic E-state index is 0.284. The number of fused-ring (bicyclic) bond motifs is 1. The summed E-state index contributed by atoms with van der Waals surface area (Å²) in [5.74, 6) is 0.645. The fourth-order valence-electron chi connectivity index (χ4n) is 2.79. The van der Waals surface area contributed by atoms with Gasteiger partial charge in [0.2, 0.25) is 0 Å². The molecule has 19 heavy (non-hydrogen) atoms. The molecule has 2 aromatic rings. The zero-order valence-electron chi connectivity index (χ0n) is 11.9. The molecule has 1 atom stereocenters. The van der Waals surface area contributed by atoms with Crippen molar-refractivity contribution in [3.05, 3.63) is 36.0 Å². The first-order valence-electron chi connectivity index (χ1n) is 7.27. The minimum atomic E-state index is 0.284. The van der Waals surface area contributed by atoms with Gasteiger partial charge in [-0.25, -0.2) is 0 Å². The first-order chi connectivity index (χ1) is 9.22. The zero-order valence-corrected chi connectivity index (χ0v) is 11.9. The number of hydrogen-bond acceptors (Lipinski definition) is 1. The van der Waals surface area contributed by atoms with Crippen molar-refractivity contribution in [2.75, 3.05) is 0 Å². The molecular formula is C17H23NO. The van der Waals surface area contributed by atoms with E-state index in [0.717, 1.165) is 6.42 Å². The highest BCUT2D eigenvalue weighted by atomic mass is 16.1. The molecule has 2 rings (SSSR count). The number of unbranched alkanes of at least 4 members (excludes halogenated alkanes) is 2. The van der Waals surface area contributed by atoms with Gasteiger partial charge in [-0.15, -0.1) is 0 Å². The first-order valence-corrected chi connectivity index (χ1v) is 7.27. The van der Waals surface area contributed by atoms with Gasteiger partial charge in [-0.2, -0.15) is 0 Å². The molecule has 0 radical (unpaired) electrons. The molecule has 102 valence electrons. The maximum Gasteiger partial charge on any atom is 0.130 e. The van der Waals surface area contributed by atoms with Crippen LogP contribution in [0.4, 0.5) is 0 Å². The molecule has 0 amide bonds. The number of ketones is 1. The van der Waals surface area contributed by atoms with Crippen molar-refractivity contribution >= 4 is 16.7 Å². The van der Waals surface area contributed by atoms with Gasteiger partial charge in [0.15, 0.2) is 0 Å². The maximum atomic E-state index is 11.5. The van der Waals surface area contributed by atoms with E-state index in [1.165, 1.54) is 35.7 Å². The highest BCUT2D eigenvalue weighted by Gasteiger charge is 2.17. The van der Waals surface area contributed by atoms with Crippen molar-refractivity contribution in [1.82, 2.24) is 4.98 Å². The molecule has 0 saturated heterocycles. The first kappa shape index (κ1) is 13.9. The van der Waals surface area contributed by atoms with Gasteiger partial charge in [-0.3, -0.25) is 0 Å². The fourth-order valence-corrected chi connectivity index (χ4v) is 2.79. The largest absolute Gasteiger partial charge is 0.361 e. The van der Waals surface area contributed by atoms with Crippen LogP contribution in [0.1, 0.15) is 57.4 Å². The summed E-state index contributed by atoms with van der Waals surface area (Å²) in [6.07, 6.45) is 7.52. The molecule has 0 unspecified atom stereocenters. The molecule has 0 bridgehead atoms.